The summed E-state index contributed by atoms with van der Waals surface area (Å²) in [5, 5.41) is 3.47. The Morgan fingerprint density at radius 3 is 2.88 bits per heavy atom. The Morgan fingerprint density at radius 2 is 2.24 bits per heavy atom. The second kappa shape index (κ2) is 5.50. The highest BCUT2D eigenvalue weighted by atomic mass is 15.2. The molecule has 94 valence electrons. The number of anilines is 1. The lowest BCUT2D eigenvalue weighted by atomic mass is 10.2. The van der Waals surface area contributed by atoms with Crippen LogP contribution in [-0.2, 0) is 6.54 Å². The maximum atomic E-state index is 4.44. The third-order valence-electron chi connectivity index (χ3n) is 3.15. The SMILES string of the molecule is CC(C)CNCc1ccnc(N(C)C2CC2)c1. The maximum Gasteiger partial charge on any atom is 0.128 e. The van der Waals surface area contributed by atoms with Crippen molar-refractivity contribution < 1.29 is 0 Å². The lowest BCUT2D eigenvalue weighted by molar-refractivity contribution is 0.552. The van der Waals surface area contributed by atoms with Crippen LogP contribution in [-0.4, -0.2) is 24.6 Å². The van der Waals surface area contributed by atoms with Crippen molar-refractivity contribution in [3.8, 4) is 0 Å². The summed E-state index contributed by atoms with van der Waals surface area (Å²) in [4.78, 5) is 6.74. The van der Waals surface area contributed by atoms with Crippen LogP contribution in [0.1, 0.15) is 32.3 Å². The second-order valence-corrected chi connectivity index (χ2v) is 5.39. The van der Waals surface area contributed by atoms with Gasteiger partial charge in [-0.2, -0.15) is 0 Å². The van der Waals surface area contributed by atoms with E-state index >= 15 is 0 Å². The quantitative estimate of drug-likeness (QED) is 0.818. The van der Waals surface area contributed by atoms with Crippen molar-refractivity contribution in [1.82, 2.24) is 10.3 Å². The molecule has 3 nitrogen and oxygen atoms in total. The number of nitrogens with one attached hydrogen (secondary N) is 1. The monoisotopic (exact) mass is 233 g/mol. The molecule has 0 aromatic carbocycles. The molecule has 3 heteroatoms. The number of rotatable bonds is 6. The molecule has 0 amide bonds. The molecular weight excluding hydrogens is 210 g/mol. The molecule has 17 heavy (non-hydrogen) atoms. The maximum absolute atomic E-state index is 4.44. The van der Waals surface area contributed by atoms with E-state index in [9.17, 15) is 0 Å². The van der Waals surface area contributed by atoms with E-state index in [1.165, 1.54) is 18.4 Å². The van der Waals surface area contributed by atoms with Crippen LogP contribution < -0.4 is 10.2 Å². The molecule has 0 spiro atoms. The fraction of sp³-hybridized carbons (Fsp3) is 0.643. The minimum atomic E-state index is 0.699. The fourth-order valence-corrected chi connectivity index (χ4v) is 1.92. The molecule has 1 aliphatic rings. The third kappa shape index (κ3) is 3.70. The third-order valence-corrected chi connectivity index (χ3v) is 3.15. The molecule has 1 saturated carbocycles. The van der Waals surface area contributed by atoms with E-state index in [2.05, 4.69) is 48.2 Å². The first kappa shape index (κ1) is 12.4. The van der Waals surface area contributed by atoms with Gasteiger partial charge in [0.2, 0.25) is 0 Å². The molecule has 0 atom stereocenters. The van der Waals surface area contributed by atoms with Crippen LogP contribution in [0.3, 0.4) is 0 Å². The van der Waals surface area contributed by atoms with Gasteiger partial charge in [-0.1, -0.05) is 13.8 Å². The number of pyridine rings is 1. The van der Waals surface area contributed by atoms with Gasteiger partial charge < -0.3 is 10.2 Å². The van der Waals surface area contributed by atoms with Crippen LogP contribution in [0.25, 0.3) is 0 Å². The van der Waals surface area contributed by atoms with E-state index in [0.717, 1.165) is 24.9 Å². The number of nitrogens with zero attached hydrogens (tertiary/aromatic N) is 2. The Morgan fingerprint density at radius 1 is 1.47 bits per heavy atom. The van der Waals surface area contributed by atoms with Gasteiger partial charge >= 0.3 is 0 Å². The fourth-order valence-electron chi connectivity index (χ4n) is 1.92. The molecule has 1 aromatic heterocycles. The topological polar surface area (TPSA) is 28.2 Å². The van der Waals surface area contributed by atoms with Gasteiger partial charge in [0.1, 0.15) is 5.82 Å². The van der Waals surface area contributed by atoms with E-state index in [0.29, 0.717) is 5.92 Å². The van der Waals surface area contributed by atoms with Crippen molar-refractivity contribution in [2.24, 2.45) is 5.92 Å². The van der Waals surface area contributed by atoms with Gasteiger partial charge in [0.25, 0.3) is 0 Å². The van der Waals surface area contributed by atoms with Crippen LogP contribution in [0, 0.1) is 5.92 Å². The summed E-state index contributed by atoms with van der Waals surface area (Å²) < 4.78 is 0. The van der Waals surface area contributed by atoms with Crippen LogP contribution in [0.4, 0.5) is 5.82 Å². The predicted octanol–water partition coefficient (Wildman–Crippen LogP) is 2.43. The van der Waals surface area contributed by atoms with E-state index < -0.39 is 0 Å². The first-order valence-electron chi connectivity index (χ1n) is 6.55. The highest BCUT2D eigenvalue weighted by Crippen LogP contribution is 2.29. The molecule has 2 rings (SSSR count). The average molecular weight is 233 g/mol. The zero-order valence-electron chi connectivity index (χ0n) is 11.1. The number of aromatic nitrogens is 1. The van der Waals surface area contributed by atoms with Gasteiger partial charge in [-0.25, -0.2) is 4.98 Å². The zero-order chi connectivity index (χ0) is 12.3. The van der Waals surface area contributed by atoms with Gasteiger partial charge in [0, 0.05) is 25.8 Å². The molecule has 1 fully saturated rings. The van der Waals surface area contributed by atoms with Gasteiger partial charge in [-0.15, -0.1) is 0 Å². The molecule has 1 N–H and O–H groups in total. The minimum absolute atomic E-state index is 0.699. The minimum Gasteiger partial charge on any atom is -0.357 e. The second-order valence-electron chi connectivity index (χ2n) is 5.39. The van der Waals surface area contributed by atoms with E-state index in [1.807, 2.05) is 6.20 Å². The van der Waals surface area contributed by atoms with Crippen molar-refractivity contribution in [2.75, 3.05) is 18.5 Å². The summed E-state index contributed by atoms with van der Waals surface area (Å²) in [6.45, 7) is 6.46. The molecular formula is C14H23N3. The Bertz CT molecular complexity index is 358. The number of hydrogen-bond donors (Lipinski definition) is 1. The summed E-state index contributed by atoms with van der Waals surface area (Å²) in [7, 11) is 2.14. The van der Waals surface area contributed by atoms with Gasteiger partial charge in [0.05, 0.1) is 0 Å². The Balaban J connectivity index is 1.91. The summed E-state index contributed by atoms with van der Waals surface area (Å²) in [5.74, 6) is 1.81. The first-order valence-corrected chi connectivity index (χ1v) is 6.55. The van der Waals surface area contributed by atoms with Gasteiger partial charge in [-0.05, 0) is 43.0 Å². The van der Waals surface area contributed by atoms with Crippen LogP contribution in [0.5, 0.6) is 0 Å². The van der Waals surface area contributed by atoms with E-state index in [-0.39, 0.29) is 0 Å². The molecule has 0 aliphatic heterocycles. The van der Waals surface area contributed by atoms with Crippen molar-refractivity contribution in [1.29, 1.82) is 0 Å². The standard InChI is InChI=1S/C14H23N3/c1-11(2)9-15-10-12-6-7-16-14(8-12)17(3)13-4-5-13/h6-8,11,13,15H,4-5,9-10H2,1-3H3. The van der Waals surface area contributed by atoms with Crippen molar-refractivity contribution in [3.05, 3.63) is 23.9 Å². The Labute approximate surface area is 104 Å². The van der Waals surface area contributed by atoms with Crippen molar-refractivity contribution >= 4 is 5.82 Å². The molecule has 0 radical (unpaired) electrons. The normalized spacial score (nSPS) is 15.3. The molecule has 1 aliphatic carbocycles. The van der Waals surface area contributed by atoms with Gasteiger partial charge in [0.15, 0.2) is 0 Å². The first-order chi connectivity index (χ1) is 8.16. The van der Waals surface area contributed by atoms with Crippen LogP contribution >= 0.6 is 0 Å². The lowest BCUT2D eigenvalue weighted by Gasteiger charge is -2.18. The smallest absolute Gasteiger partial charge is 0.128 e. The highest BCUT2D eigenvalue weighted by molar-refractivity contribution is 5.42. The Kier molecular flexibility index (Phi) is 4.00. The average Bonchev–Trinajstić information content (AvgIpc) is 3.12. The largest absolute Gasteiger partial charge is 0.357 e. The van der Waals surface area contributed by atoms with Crippen molar-refractivity contribution in [3.63, 3.8) is 0 Å². The summed E-state index contributed by atoms with van der Waals surface area (Å²) in [6, 6.07) is 5.02. The van der Waals surface area contributed by atoms with E-state index in [1.54, 1.807) is 0 Å². The van der Waals surface area contributed by atoms with Crippen LogP contribution in [0.2, 0.25) is 0 Å². The van der Waals surface area contributed by atoms with Gasteiger partial charge in [-0.3, -0.25) is 0 Å². The predicted molar refractivity (Wildman–Crippen MR) is 72.2 cm³/mol. The highest BCUT2D eigenvalue weighted by Gasteiger charge is 2.26. The van der Waals surface area contributed by atoms with E-state index in [4.69, 9.17) is 0 Å². The molecule has 0 saturated heterocycles. The molecule has 1 heterocycles. The lowest BCUT2D eigenvalue weighted by Crippen LogP contribution is -2.22. The molecule has 0 unspecified atom stereocenters. The summed E-state index contributed by atoms with van der Waals surface area (Å²) >= 11 is 0. The molecule has 1 aromatic rings. The molecule has 0 bridgehead atoms. The van der Waals surface area contributed by atoms with Crippen molar-refractivity contribution in [2.45, 2.75) is 39.3 Å². The summed E-state index contributed by atoms with van der Waals surface area (Å²) in [5.41, 5.74) is 1.32. The van der Waals surface area contributed by atoms with Crippen LogP contribution in [0.15, 0.2) is 18.3 Å². The number of hydrogen-bond acceptors (Lipinski definition) is 3. The Hall–Kier alpha value is -1.09. The zero-order valence-corrected chi connectivity index (χ0v) is 11.1. The summed E-state index contributed by atoms with van der Waals surface area (Å²) in [6.07, 6.45) is 4.54.